The summed E-state index contributed by atoms with van der Waals surface area (Å²) in [5, 5.41) is 3.53. The maximum atomic E-state index is 13.0. The Hall–Kier alpha value is -1.93. The number of hydrogen-bond donors (Lipinski definition) is 1. The Morgan fingerprint density at radius 1 is 1.09 bits per heavy atom. The average molecular weight is 478 g/mol. The van der Waals surface area contributed by atoms with E-state index >= 15 is 0 Å². The fourth-order valence-electron chi connectivity index (χ4n) is 4.03. The van der Waals surface area contributed by atoms with Crippen molar-refractivity contribution in [3.63, 3.8) is 0 Å². The molecule has 1 N–H and O–H groups in total. The molecule has 1 aliphatic rings. The van der Waals surface area contributed by atoms with Gasteiger partial charge in [-0.05, 0) is 61.3 Å². The lowest BCUT2D eigenvalue weighted by Crippen LogP contribution is -2.45. The molecule has 1 unspecified atom stereocenters. The number of carbonyl (C=O) groups is 1. The molecule has 32 heavy (non-hydrogen) atoms. The van der Waals surface area contributed by atoms with E-state index in [1.54, 1.807) is 12.1 Å². The van der Waals surface area contributed by atoms with E-state index in [9.17, 15) is 13.2 Å². The molecule has 3 rings (SSSR count). The molecule has 0 radical (unpaired) electrons. The second-order valence-corrected chi connectivity index (χ2v) is 10.5. The van der Waals surface area contributed by atoms with E-state index in [0.717, 1.165) is 25.2 Å². The highest BCUT2D eigenvalue weighted by Gasteiger charge is 2.33. The molecule has 1 amide bonds. The molecule has 1 aliphatic heterocycles. The van der Waals surface area contributed by atoms with Crippen LogP contribution in [0.1, 0.15) is 37.8 Å². The largest absolute Gasteiger partial charge is 0.352 e. The van der Waals surface area contributed by atoms with Crippen molar-refractivity contribution in [2.75, 3.05) is 26.2 Å². The van der Waals surface area contributed by atoms with Crippen LogP contribution in [-0.2, 0) is 27.9 Å². The highest BCUT2D eigenvalue weighted by molar-refractivity contribution is 7.89. The molecule has 2 aromatic rings. The third-order valence-corrected chi connectivity index (χ3v) is 8.20. The van der Waals surface area contributed by atoms with Gasteiger partial charge in [-0.1, -0.05) is 49.7 Å². The Labute approximate surface area is 196 Å². The van der Waals surface area contributed by atoms with Crippen LogP contribution in [0.15, 0.2) is 53.4 Å². The van der Waals surface area contributed by atoms with Crippen molar-refractivity contribution in [3.8, 4) is 0 Å². The second kappa shape index (κ2) is 11.3. The fraction of sp³-hybridized carbons (Fsp3) is 0.458. The second-order valence-electron chi connectivity index (χ2n) is 8.10. The number of hydrogen-bond acceptors (Lipinski definition) is 4. The molecule has 1 saturated heterocycles. The van der Waals surface area contributed by atoms with E-state index in [4.69, 9.17) is 11.6 Å². The van der Waals surface area contributed by atoms with Crippen LogP contribution in [0.4, 0.5) is 0 Å². The quantitative estimate of drug-likeness (QED) is 0.594. The van der Waals surface area contributed by atoms with Crippen LogP contribution in [0.2, 0.25) is 5.02 Å². The average Bonchev–Trinajstić information content (AvgIpc) is 2.82. The van der Waals surface area contributed by atoms with Crippen molar-refractivity contribution in [3.05, 3.63) is 64.7 Å². The summed E-state index contributed by atoms with van der Waals surface area (Å²) in [5.41, 5.74) is 2.29. The lowest BCUT2D eigenvalue weighted by molar-refractivity contribution is -0.126. The maximum absolute atomic E-state index is 13.0. The zero-order chi connectivity index (χ0) is 23.1. The molecule has 6 nitrogen and oxygen atoms in total. The topological polar surface area (TPSA) is 69.7 Å². The molecule has 0 bridgehead atoms. The predicted molar refractivity (Wildman–Crippen MR) is 128 cm³/mol. The molecule has 0 spiro atoms. The summed E-state index contributed by atoms with van der Waals surface area (Å²) in [6.45, 7) is 8.11. The summed E-state index contributed by atoms with van der Waals surface area (Å²) in [4.78, 5) is 15.4. The van der Waals surface area contributed by atoms with E-state index in [1.807, 2.05) is 18.2 Å². The zero-order valence-corrected chi connectivity index (χ0v) is 20.3. The minimum absolute atomic E-state index is 0.0985. The summed E-state index contributed by atoms with van der Waals surface area (Å²) in [6, 6.07) is 14.3. The summed E-state index contributed by atoms with van der Waals surface area (Å²) in [7, 11) is -3.65. The van der Waals surface area contributed by atoms with Gasteiger partial charge in [-0.2, -0.15) is 4.31 Å². The number of amides is 1. The van der Waals surface area contributed by atoms with Gasteiger partial charge in [-0.15, -0.1) is 0 Å². The fourth-order valence-corrected chi connectivity index (χ4v) is 5.68. The summed E-state index contributed by atoms with van der Waals surface area (Å²) >= 11 is 5.89. The van der Waals surface area contributed by atoms with Crippen LogP contribution in [-0.4, -0.2) is 49.7 Å². The maximum Gasteiger partial charge on any atom is 0.243 e. The molecule has 1 fully saturated rings. The van der Waals surface area contributed by atoms with Crippen molar-refractivity contribution in [1.29, 1.82) is 0 Å². The third-order valence-electron chi connectivity index (χ3n) is 6.07. The first kappa shape index (κ1) is 24.7. The number of nitrogens with zero attached hydrogens (tertiary/aromatic N) is 2. The first-order valence-corrected chi connectivity index (χ1v) is 13.0. The Balaban J connectivity index is 1.63. The van der Waals surface area contributed by atoms with Crippen LogP contribution in [0.3, 0.4) is 0 Å². The van der Waals surface area contributed by atoms with Gasteiger partial charge in [0.25, 0.3) is 0 Å². The number of nitrogens with one attached hydrogen (secondary N) is 1. The SMILES string of the molecule is CCN(CC)Cc1ccccc1CNC(=O)C1CCCN(S(=O)(=O)c2ccc(Cl)cc2)C1. The van der Waals surface area contributed by atoms with E-state index in [1.165, 1.54) is 22.0 Å². The van der Waals surface area contributed by atoms with Gasteiger partial charge in [-0.25, -0.2) is 8.42 Å². The standard InChI is InChI=1S/C24H32ClN3O3S/c1-3-27(4-2)17-20-9-6-5-8-19(20)16-26-24(29)21-10-7-15-28(18-21)32(30,31)23-13-11-22(25)12-14-23/h5-6,8-9,11-14,21H,3-4,7,10,15-18H2,1-2H3,(H,26,29). The van der Waals surface area contributed by atoms with Crippen LogP contribution in [0, 0.1) is 5.92 Å². The summed E-state index contributed by atoms with van der Waals surface area (Å²) < 4.78 is 27.4. The molecular weight excluding hydrogens is 446 g/mol. The van der Waals surface area contributed by atoms with E-state index in [-0.39, 0.29) is 23.3 Å². The number of benzene rings is 2. The molecule has 2 aromatic carbocycles. The van der Waals surface area contributed by atoms with Crippen LogP contribution < -0.4 is 5.32 Å². The number of rotatable bonds is 9. The minimum atomic E-state index is -3.65. The molecule has 1 atom stereocenters. The molecule has 8 heteroatoms. The number of carbonyl (C=O) groups excluding carboxylic acids is 1. The first-order chi connectivity index (χ1) is 15.3. The van der Waals surface area contributed by atoms with Crippen LogP contribution in [0.5, 0.6) is 0 Å². The van der Waals surface area contributed by atoms with Gasteiger partial charge in [-0.3, -0.25) is 9.69 Å². The van der Waals surface area contributed by atoms with Crippen LogP contribution in [0.25, 0.3) is 0 Å². The number of halogens is 1. The predicted octanol–water partition coefficient (Wildman–Crippen LogP) is 3.90. The Kier molecular flexibility index (Phi) is 8.71. The summed E-state index contributed by atoms with van der Waals surface area (Å²) in [6.07, 6.45) is 1.34. The van der Waals surface area contributed by atoms with Gasteiger partial charge >= 0.3 is 0 Å². The normalized spacial score (nSPS) is 17.4. The lowest BCUT2D eigenvalue weighted by Gasteiger charge is -2.31. The molecule has 0 saturated carbocycles. The van der Waals surface area contributed by atoms with Crippen molar-refractivity contribution in [1.82, 2.24) is 14.5 Å². The zero-order valence-electron chi connectivity index (χ0n) is 18.8. The van der Waals surface area contributed by atoms with Gasteiger partial charge in [0.15, 0.2) is 0 Å². The van der Waals surface area contributed by atoms with Gasteiger partial charge in [0.2, 0.25) is 15.9 Å². The Morgan fingerprint density at radius 3 is 2.41 bits per heavy atom. The lowest BCUT2D eigenvalue weighted by atomic mass is 9.98. The van der Waals surface area contributed by atoms with Gasteiger partial charge in [0, 0.05) is 31.2 Å². The minimum Gasteiger partial charge on any atom is -0.352 e. The third kappa shape index (κ3) is 6.10. The van der Waals surface area contributed by atoms with Crippen molar-refractivity contribution < 1.29 is 13.2 Å². The molecule has 0 aliphatic carbocycles. The first-order valence-electron chi connectivity index (χ1n) is 11.2. The monoisotopic (exact) mass is 477 g/mol. The van der Waals surface area contributed by atoms with Crippen molar-refractivity contribution in [2.45, 2.75) is 44.7 Å². The smallest absolute Gasteiger partial charge is 0.243 e. The molecule has 174 valence electrons. The van der Waals surface area contributed by atoms with Gasteiger partial charge in [0.1, 0.15) is 0 Å². The highest BCUT2D eigenvalue weighted by Crippen LogP contribution is 2.25. The Bertz CT molecular complexity index is 1010. The highest BCUT2D eigenvalue weighted by atomic mass is 35.5. The van der Waals surface area contributed by atoms with E-state index in [2.05, 4.69) is 30.1 Å². The molecule has 1 heterocycles. The van der Waals surface area contributed by atoms with Crippen molar-refractivity contribution >= 4 is 27.5 Å². The van der Waals surface area contributed by atoms with Gasteiger partial charge < -0.3 is 5.32 Å². The summed E-state index contributed by atoms with van der Waals surface area (Å²) in [5.74, 6) is -0.459. The van der Waals surface area contributed by atoms with E-state index < -0.39 is 10.0 Å². The van der Waals surface area contributed by atoms with Crippen molar-refractivity contribution in [2.24, 2.45) is 5.92 Å². The van der Waals surface area contributed by atoms with Crippen LogP contribution >= 0.6 is 11.6 Å². The Morgan fingerprint density at radius 2 is 1.75 bits per heavy atom. The van der Waals surface area contributed by atoms with E-state index in [0.29, 0.717) is 31.0 Å². The van der Waals surface area contributed by atoms with Gasteiger partial charge in [0.05, 0.1) is 10.8 Å². The number of sulfonamides is 1. The molecular formula is C24H32ClN3O3S. The number of piperidine rings is 1. The molecule has 0 aromatic heterocycles.